The molecule has 2 saturated heterocycles. The first-order valence-corrected chi connectivity index (χ1v) is 8.84. The molecule has 21 heavy (non-hydrogen) atoms. The minimum Gasteiger partial charge on any atom is -0.348 e. The van der Waals surface area contributed by atoms with Crippen molar-refractivity contribution in [1.82, 2.24) is 20.8 Å². The Labute approximate surface area is 122 Å². The predicted octanol–water partition coefficient (Wildman–Crippen LogP) is -0.199. The highest BCUT2D eigenvalue weighted by atomic mass is 32.2. The molecule has 2 aliphatic rings. The minimum absolute atomic E-state index is 0.00857. The summed E-state index contributed by atoms with van der Waals surface area (Å²) in [5, 5.41) is 8.94. The third kappa shape index (κ3) is 3.08. The van der Waals surface area contributed by atoms with Crippen LogP contribution >= 0.6 is 0 Å². The van der Waals surface area contributed by atoms with Crippen LogP contribution in [0.2, 0.25) is 0 Å². The van der Waals surface area contributed by atoms with Crippen LogP contribution in [0.15, 0.2) is 4.52 Å². The van der Waals surface area contributed by atoms with Gasteiger partial charge < -0.3 is 15.2 Å². The summed E-state index contributed by atoms with van der Waals surface area (Å²) in [6.45, 7) is 1.00. The SMILES string of the molecule is O=C(NCC1CCCS1(=O)=O)c1noc(C2CCCN2)n1. The van der Waals surface area contributed by atoms with E-state index in [0.717, 1.165) is 19.4 Å². The molecule has 2 N–H and O–H groups in total. The summed E-state index contributed by atoms with van der Waals surface area (Å²) in [6.07, 6.45) is 3.19. The van der Waals surface area contributed by atoms with Gasteiger partial charge in [-0.1, -0.05) is 5.16 Å². The predicted molar refractivity (Wildman–Crippen MR) is 73.4 cm³/mol. The van der Waals surface area contributed by atoms with Crippen molar-refractivity contribution in [3.63, 3.8) is 0 Å². The number of amides is 1. The Morgan fingerprint density at radius 1 is 1.38 bits per heavy atom. The van der Waals surface area contributed by atoms with Crippen molar-refractivity contribution in [3.8, 4) is 0 Å². The molecule has 0 saturated carbocycles. The molecule has 3 heterocycles. The highest BCUT2D eigenvalue weighted by Gasteiger charge is 2.32. The molecule has 0 aromatic carbocycles. The van der Waals surface area contributed by atoms with Crippen molar-refractivity contribution >= 4 is 15.7 Å². The summed E-state index contributed by atoms with van der Waals surface area (Å²) in [4.78, 5) is 16.0. The average Bonchev–Trinajstić information content (AvgIpc) is 3.16. The van der Waals surface area contributed by atoms with Crippen LogP contribution < -0.4 is 10.6 Å². The number of aromatic nitrogens is 2. The van der Waals surface area contributed by atoms with Gasteiger partial charge in [-0.15, -0.1) is 0 Å². The third-order valence-electron chi connectivity index (χ3n) is 3.96. The standard InChI is InChI=1S/C12H18N4O4S/c17-11(14-7-8-3-2-6-21(8,18)19)10-15-12(20-16-10)9-4-1-5-13-9/h8-9,13H,1-7H2,(H,14,17). The van der Waals surface area contributed by atoms with Crippen molar-refractivity contribution in [1.29, 1.82) is 0 Å². The number of hydrogen-bond donors (Lipinski definition) is 2. The van der Waals surface area contributed by atoms with Gasteiger partial charge in [0.2, 0.25) is 5.89 Å². The number of nitrogens with zero attached hydrogens (tertiary/aromatic N) is 2. The quantitative estimate of drug-likeness (QED) is 0.791. The topological polar surface area (TPSA) is 114 Å². The van der Waals surface area contributed by atoms with E-state index in [1.165, 1.54) is 0 Å². The molecule has 0 spiro atoms. The van der Waals surface area contributed by atoms with Gasteiger partial charge in [0.1, 0.15) is 0 Å². The minimum atomic E-state index is -3.06. The van der Waals surface area contributed by atoms with Crippen molar-refractivity contribution in [2.75, 3.05) is 18.8 Å². The van der Waals surface area contributed by atoms with E-state index < -0.39 is 21.0 Å². The molecule has 9 heteroatoms. The van der Waals surface area contributed by atoms with E-state index in [0.29, 0.717) is 18.7 Å². The maximum absolute atomic E-state index is 11.9. The molecule has 1 aromatic heterocycles. The second-order valence-electron chi connectivity index (χ2n) is 5.45. The Hall–Kier alpha value is -1.48. The fraction of sp³-hybridized carbons (Fsp3) is 0.750. The van der Waals surface area contributed by atoms with Crippen molar-refractivity contribution in [3.05, 3.63) is 11.7 Å². The van der Waals surface area contributed by atoms with E-state index in [9.17, 15) is 13.2 Å². The van der Waals surface area contributed by atoms with Gasteiger partial charge in [-0.05, 0) is 32.2 Å². The monoisotopic (exact) mass is 314 g/mol. The molecule has 2 aliphatic heterocycles. The number of nitrogens with one attached hydrogen (secondary N) is 2. The molecule has 3 rings (SSSR count). The number of carbonyl (C=O) groups is 1. The molecule has 2 fully saturated rings. The smallest absolute Gasteiger partial charge is 0.292 e. The number of carbonyl (C=O) groups excluding carboxylic acids is 1. The summed E-state index contributed by atoms with van der Waals surface area (Å²) >= 11 is 0. The van der Waals surface area contributed by atoms with Crippen LogP contribution in [0, 0.1) is 0 Å². The first-order chi connectivity index (χ1) is 10.1. The van der Waals surface area contributed by atoms with Gasteiger partial charge in [0, 0.05) is 6.54 Å². The van der Waals surface area contributed by atoms with Gasteiger partial charge in [0.15, 0.2) is 9.84 Å². The van der Waals surface area contributed by atoms with Crippen LogP contribution in [0.3, 0.4) is 0 Å². The highest BCUT2D eigenvalue weighted by molar-refractivity contribution is 7.92. The molecule has 0 bridgehead atoms. The van der Waals surface area contributed by atoms with Gasteiger partial charge in [0.25, 0.3) is 11.7 Å². The molecular weight excluding hydrogens is 296 g/mol. The number of sulfone groups is 1. The van der Waals surface area contributed by atoms with Crippen LogP contribution in [-0.4, -0.2) is 48.6 Å². The Kier molecular flexibility index (Phi) is 3.94. The Balaban J connectivity index is 1.58. The normalized spacial score (nSPS) is 27.8. The molecule has 0 aliphatic carbocycles. The Morgan fingerprint density at radius 3 is 2.90 bits per heavy atom. The molecular formula is C12H18N4O4S. The van der Waals surface area contributed by atoms with Crippen LogP contribution in [-0.2, 0) is 9.84 Å². The molecule has 8 nitrogen and oxygen atoms in total. The van der Waals surface area contributed by atoms with Crippen LogP contribution in [0.5, 0.6) is 0 Å². The van der Waals surface area contributed by atoms with Gasteiger partial charge in [-0.2, -0.15) is 4.98 Å². The maximum atomic E-state index is 11.9. The molecule has 2 atom stereocenters. The fourth-order valence-electron chi connectivity index (χ4n) is 2.74. The zero-order valence-electron chi connectivity index (χ0n) is 11.5. The summed E-state index contributed by atoms with van der Waals surface area (Å²) < 4.78 is 28.4. The largest absolute Gasteiger partial charge is 0.348 e. The first-order valence-electron chi connectivity index (χ1n) is 7.13. The van der Waals surface area contributed by atoms with Crippen molar-refractivity contribution in [2.45, 2.75) is 37.0 Å². The summed E-state index contributed by atoms with van der Waals surface area (Å²) in [5.74, 6) is 0.0677. The second kappa shape index (κ2) is 5.72. The van der Waals surface area contributed by atoms with Gasteiger partial charge in [-0.3, -0.25) is 4.79 Å². The van der Waals surface area contributed by atoms with E-state index in [1.54, 1.807) is 0 Å². The summed E-state index contributed by atoms with van der Waals surface area (Å²) in [7, 11) is -3.06. The Morgan fingerprint density at radius 2 is 2.24 bits per heavy atom. The van der Waals surface area contributed by atoms with Crippen LogP contribution in [0.4, 0.5) is 0 Å². The van der Waals surface area contributed by atoms with Gasteiger partial charge in [-0.25, -0.2) is 8.42 Å². The van der Waals surface area contributed by atoms with E-state index in [-0.39, 0.29) is 24.2 Å². The number of hydrogen-bond acceptors (Lipinski definition) is 7. The summed E-state index contributed by atoms with van der Waals surface area (Å²) in [5.41, 5.74) is 0. The van der Waals surface area contributed by atoms with E-state index in [2.05, 4.69) is 20.8 Å². The highest BCUT2D eigenvalue weighted by Crippen LogP contribution is 2.21. The van der Waals surface area contributed by atoms with E-state index >= 15 is 0 Å². The lowest BCUT2D eigenvalue weighted by Gasteiger charge is -2.09. The number of rotatable bonds is 4. The van der Waals surface area contributed by atoms with Gasteiger partial charge in [0.05, 0.1) is 17.0 Å². The molecule has 0 radical (unpaired) electrons. The molecule has 116 valence electrons. The van der Waals surface area contributed by atoms with E-state index in [4.69, 9.17) is 4.52 Å². The van der Waals surface area contributed by atoms with E-state index in [1.807, 2.05) is 0 Å². The zero-order valence-corrected chi connectivity index (χ0v) is 12.4. The maximum Gasteiger partial charge on any atom is 0.292 e. The second-order valence-corrected chi connectivity index (χ2v) is 7.85. The lowest BCUT2D eigenvalue weighted by molar-refractivity contribution is 0.0940. The third-order valence-corrected chi connectivity index (χ3v) is 6.23. The molecule has 1 aromatic rings. The fourth-order valence-corrected chi connectivity index (χ4v) is 4.50. The average molecular weight is 314 g/mol. The van der Waals surface area contributed by atoms with Crippen molar-refractivity contribution < 1.29 is 17.7 Å². The first kappa shape index (κ1) is 14.5. The zero-order chi connectivity index (χ0) is 14.9. The molecule has 2 unspecified atom stereocenters. The summed E-state index contributed by atoms with van der Waals surface area (Å²) in [6, 6.07) is 0.00857. The Bertz CT molecular complexity index is 621. The van der Waals surface area contributed by atoms with Crippen molar-refractivity contribution in [2.24, 2.45) is 0 Å². The molecule has 1 amide bonds. The van der Waals surface area contributed by atoms with Gasteiger partial charge >= 0.3 is 0 Å². The van der Waals surface area contributed by atoms with Crippen LogP contribution in [0.25, 0.3) is 0 Å². The lowest BCUT2D eigenvalue weighted by atomic mass is 10.2. The lowest BCUT2D eigenvalue weighted by Crippen LogP contribution is -2.35. The van der Waals surface area contributed by atoms with Crippen LogP contribution in [0.1, 0.15) is 48.2 Å².